The Kier molecular flexibility index (Phi) is 3.70. The Balaban J connectivity index is 2.03. The van der Waals surface area contributed by atoms with Gasteiger partial charge in [-0.15, -0.1) is 0 Å². The lowest BCUT2D eigenvalue weighted by Gasteiger charge is -2.06. The molecule has 0 unspecified atom stereocenters. The average molecular weight is 264 g/mol. The fraction of sp³-hybridized carbons (Fsp3) is 0.0769. The van der Waals surface area contributed by atoms with Gasteiger partial charge < -0.3 is 5.32 Å². The van der Waals surface area contributed by atoms with E-state index in [0.29, 0.717) is 12.2 Å². The van der Waals surface area contributed by atoms with Gasteiger partial charge in [0.1, 0.15) is 11.6 Å². The molecule has 0 fully saturated rings. The first-order valence-corrected chi connectivity index (χ1v) is 5.48. The molecule has 0 spiro atoms. The zero-order chi connectivity index (χ0) is 13.8. The summed E-state index contributed by atoms with van der Waals surface area (Å²) in [6.07, 6.45) is 0. The van der Waals surface area contributed by atoms with Crippen LogP contribution in [0, 0.1) is 21.7 Å². The van der Waals surface area contributed by atoms with Gasteiger partial charge in [0, 0.05) is 30.4 Å². The van der Waals surface area contributed by atoms with E-state index >= 15 is 0 Å². The molecular weight excluding hydrogens is 254 g/mol. The lowest BCUT2D eigenvalue weighted by atomic mass is 10.2. The summed E-state index contributed by atoms with van der Waals surface area (Å²) in [5.41, 5.74) is 1.09. The molecule has 2 rings (SSSR count). The number of halogens is 2. The van der Waals surface area contributed by atoms with Crippen molar-refractivity contribution in [3.8, 4) is 0 Å². The van der Waals surface area contributed by atoms with Crippen LogP contribution < -0.4 is 5.32 Å². The van der Waals surface area contributed by atoms with E-state index in [4.69, 9.17) is 0 Å². The number of nitro groups is 1. The maximum atomic E-state index is 12.9. The van der Waals surface area contributed by atoms with E-state index in [1.807, 2.05) is 0 Å². The quantitative estimate of drug-likeness (QED) is 0.679. The molecule has 0 saturated heterocycles. The van der Waals surface area contributed by atoms with Gasteiger partial charge in [0.05, 0.1) is 4.92 Å². The lowest BCUT2D eigenvalue weighted by Crippen LogP contribution is -2.00. The first kappa shape index (κ1) is 12.9. The summed E-state index contributed by atoms with van der Waals surface area (Å²) in [5.74, 6) is -1.32. The highest BCUT2D eigenvalue weighted by Gasteiger charge is 2.04. The molecule has 1 N–H and O–H groups in total. The maximum Gasteiger partial charge on any atom is 0.269 e. The monoisotopic (exact) mass is 264 g/mol. The van der Waals surface area contributed by atoms with Crippen LogP contribution in [-0.2, 0) is 6.54 Å². The molecule has 0 radical (unpaired) electrons. The predicted molar refractivity (Wildman–Crippen MR) is 66.8 cm³/mol. The molecule has 98 valence electrons. The number of rotatable bonds is 4. The molecule has 4 nitrogen and oxygen atoms in total. The minimum absolute atomic E-state index is 0.000509. The number of nitro benzene ring substituents is 1. The Morgan fingerprint density at radius 3 is 2.16 bits per heavy atom. The number of hydrogen-bond acceptors (Lipinski definition) is 3. The molecule has 0 bridgehead atoms. The molecule has 0 aromatic heterocycles. The Bertz CT molecular complexity index is 580. The van der Waals surface area contributed by atoms with Gasteiger partial charge >= 0.3 is 0 Å². The van der Waals surface area contributed by atoms with Gasteiger partial charge in [-0.2, -0.15) is 0 Å². The van der Waals surface area contributed by atoms with E-state index in [1.165, 1.54) is 24.3 Å². The van der Waals surface area contributed by atoms with Gasteiger partial charge in [0.15, 0.2) is 0 Å². The Hall–Kier alpha value is -2.50. The van der Waals surface area contributed by atoms with E-state index in [2.05, 4.69) is 5.32 Å². The molecule has 0 saturated carbocycles. The summed E-state index contributed by atoms with van der Waals surface area (Å²) < 4.78 is 25.9. The second kappa shape index (κ2) is 5.43. The van der Waals surface area contributed by atoms with Crippen LogP contribution in [0.2, 0.25) is 0 Å². The Morgan fingerprint density at radius 1 is 1.05 bits per heavy atom. The van der Waals surface area contributed by atoms with Crippen LogP contribution in [0.15, 0.2) is 42.5 Å². The standard InChI is InChI=1S/C13H10F2N2O2/c14-10-5-11(15)7-12(6-10)16-8-9-1-3-13(4-2-9)17(18)19/h1-7,16H,8H2. The van der Waals surface area contributed by atoms with Crippen molar-refractivity contribution >= 4 is 11.4 Å². The van der Waals surface area contributed by atoms with E-state index in [0.717, 1.165) is 11.6 Å². The van der Waals surface area contributed by atoms with Crippen molar-refractivity contribution in [2.75, 3.05) is 5.32 Å². The predicted octanol–water partition coefficient (Wildman–Crippen LogP) is 3.49. The largest absolute Gasteiger partial charge is 0.381 e. The topological polar surface area (TPSA) is 55.2 Å². The van der Waals surface area contributed by atoms with Crippen LogP contribution in [0.3, 0.4) is 0 Å². The average Bonchev–Trinajstić information content (AvgIpc) is 2.36. The van der Waals surface area contributed by atoms with Gasteiger partial charge in [-0.05, 0) is 17.7 Å². The van der Waals surface area contributed by atoms with Gasteiger partial charge in [-0.25, -0.2) is 8.78 Å². The van der Waals surface area contributed by atoms with Crippen molar-refractivity contribution in [2.24, 2.45) is 0 Å². The minimum atomic E-state index is -0.661. The number of nitrogens with zero attached hydrogens (tertiary/aromatic N) is 1. The summed E-state index contributed by atoms with van der Waals surface area (Å²) in [4.78, 5) is 9.99. The summed E-state index contributed by atoms with van der Waals surface area (Å²) in [6.45, 7) is 0.320. The zero-order valence-corrected chi connectivity index (χ0v) is 9.77. The molecule has 0 aliphatic carbocycles. The van der Waals surface area contributed by atoms with E-state index in [1.54, 1.807) is 12.1 Å². The molecule has 2 aromatic rings. The van der Waals surface area contributed by atoms with Crippen molar-refractivity contribution in [3.63, 3.8) is 0 Å². The highest BCUT2D eigenvalue weighted by Crippen LogP contribution is 2.16. The van der Waals surface area contributed by atoms with Crippen molar-refractivity contribution < 1.29 is 13.7 Å². The number of non-ortho nitro benzene ring substituents is 1. The van der Waals surface area contributed by atoms with E-state index in [9.17, 15) is 18.9 Å². The lowest BCUT2D eigenvalue weighted by molar-refractivity contribution is -0.384. The molecule has 0 aliphatic heterocycles. The molecule has 2 aromatic carbocycles. The summed E-state index contributed by atoms with van der Waals surface area (Å²) in [5, 5.41) is 13.3. The molecule has 6 heteroatoms. The Morgan fingerprint density at radius 2 is 1.63 bits per heavy atom. The number of nitrogens with one attached hydrogen (secondary N) is 1. The van der Waals surface area contributed by atoms with Gasteiger partial charge in [-0.1, -0.05) is 12.1 Å². The normalized spacial score (nSPS) is 10.2. The third kappa shape index (κ3) is 3.48. The van der Waals surface area contributed by atoms with Crippen LogP contribution in [0.1, 0.15) is 5.56 Å². The van der Waals surface area contributed by atoms with Crippen molar-refractivity contribution in [3.05, 3.63) is 69.8 Å². The van der Waals surface area contributed by atoms with Gasteiger partial charge in [-0.3, -0.25) is 10.1 Å². The number of hydrogen-bond donors (Lipinski definition) is 1. The Labute approximate surface area is 107 Å². The van der Waals surface area contributed by atoms with Gasteiger partial charge in [0.2, 0.25) is 0 Å². The first-order valence-electron chi connectivity index (χ1n) is 5.48. The highest BCUT2D eigenvalue weighted by molar-refractivity contribution is 5.44. The van der Waals surface area contributed by atoms with Crippen LogP contribution >= 0.6 is 0 Å². The van der Waals surface area contributed by atoms with Crippen LogP contribution in [0.5, 0.6) is 0 Å². The van der Waals surface area contributed by atoms with Crippen molar-refractivity contribution in [2.45, 2.75) is 6.54 Å². The third-order valence-corrected chi connectivity index (χ3v) is 2.51. The van der Waals surface area contributed by atoms with E-state index < -0.39 is 16.6 Å². The van der Waals surface area contributed by atoms with E-state index in [-0.39, 0.29) is 5.69 Å². The molecule has 0 amide bonds. The second-order valence-electron chi connectivity index (χ2n) is 3.94. The summed E-state index contributed by atoms with van der Waals surface area (Å²) in [6, 6.07) is 9.06. The second-order valence-corrected chi connectivity index (χ2v) is 3.94. The number of benzene rings is 2. The third-order valence-electron chi connectivity index (χ3n) is 2.51. The fourth-order valence-electron chi connectivity index (χ4n) is 1.60. The van der Waals surface area contributed by atoms with Crippen LogP contribution in [0.4, 0.5) is 20.2 Å². The van der Waals surface area contributed by atoms with Crippen LogP contribution in [0.25, 0.3) is 0 Å². The molecule has 0 heterocycles. The summed E-state index contributed by atoms with van der Waals surface area (Å²) in [7, 11) is 0. The minimum Gasteiger partial charge on any atom is -0.381 e. The first-order chi connectivity index (χ1) is 9.04. The molecule has 0 aliphatic rings. The zero-order valence-electron chi connectivity index (χ0n) is 9.77. The number of anilines is 1. The fourth-order valence-corrected chi connectivity index (χ4v) is 1.60. The van der Waals surface area contributed by atoms with Crippen molar-refractivity contribution in [1.82, 2.24) is 0 Å². The highest BCUT2D eigenvalue weighted by atomic mass is 19.1. The molecular formula is C13H10F2N2O2. The smallest absolute Gasteiger partial charge is 0.269 e. The van der Waals surface area contributed by atoms with Crippen molar-refractivity contribution in [1.29, 1.82) is 0 Å². The van der Waals surface area contributed by atoms with Gasteiger partial charge in [0.25, 0.3) is 5.69 Å². The SMILES string of the molecule is O=[N+]([O-])c1ccc(CNc2cc(F)cc(F)c2)cc1. The molecule has 0 atom stereocenters. The maximum absolute atomic E-state index is 12.9. The van der Waals surface area contributed by atoms with Crippen LogP contribution in [-0.4, -0.2) is 4.92 Å². The summed E-state index contributed by atoms with van der Waals surface area (Å²) >= 11 is 0. The molecule has 19 heavy (non-hydrogen) atoms.